The number of amides is 2. The number of hydrogen-bond donors (Lipinski definition) is 3. The van der Waals surface area contributed by atoms with E-state index >= 15 is 0 Å². The molecule has 5 rings (SSSR count). The molecule has 184 valence electrons. The molecule has 0 spiro atoms. The second kappa shape index (κ2) is 9.79. The summed E-state index contributed by atoms with van der Waals surface area (Å²) in [5.41, 5.74) is 1.92. The van der Waals surface area contributed by atoms with Crippen molar-refractivity contribution in [2.75, 3.05) is 13.2 Å². The minimum Gasteiger partial charge on any atom is -0.486 e. The highest BCUT2D eigenvalue weighted by Gasteiger charge is 2.51. The molecule has 3 N–H and O–H groups in total. The molecule has 4 unspecified atom stereocenters. The van der Waals surface area contributed by atoms with E-state index in [0.717, 1.165) is 30.4 Å². The quantitative estimate of drug-likeness (QED) is 0.565. The second-order valence-corrected chi connectivity index (χ2v) is 9.40. The van der Waals surface area contributed by atoms with E-state index in [-0.39, 0.29) is 43.2 Å². The number of para-hydroxylation sites is 1. The summed E-state index contributed by atoms with van der Waals surface area (Å²) in [7, 11) is 0. The first-order valence-electron chi connectivity index (χ1n) is 12.1. The van der Waals surface area contributed by atoms with Crippen LogP contribution in [0.25, 0.3) is 0 Å². The summed E-state index contributed by atoms with van der Waals surface area (Å²) in [6.07, 6.45) is 2.38. The third kappa shape index (κ3) is 4.44. The molecule has 0 saturated heterocycles. The molecule has 0 radical (unpaired) electrons. The summed E-state index contributed by atoms with van der Waals surface area (Å²) in [4.78, 5) is 28.3. The number of carbonyl (C=O) groups excluding carboxylic acids is 2. The van der Waals surface area contributed by atoms with Crippen LogP contribution in [0.5, 0.6) is 5.75 Å². The number of aliphatic hydroxyl groups excluding tert-OH is 2. The Morgan fingerprint density at radius 2 is 1.86 bits per heavy atom. The molecule has 1 aliphatic heterocycles. The second-order valence-electron chi connectivity index (χ2n) is 9.40. The lowest BCUT2D eigenvalue weighted by Crippen LogP contribution is -2.56. The fourth-order valence-electron chi connectivity index (χ4n) is 5.20. The normalized spacial score (nSPS) is 24.9. The largest absolute Gasteiger partial charge is 0.486 e. The van der Waals surface area contributed by atoms with Crippen molar-refractivity contribution in [3.8, 4) is 5.75 Å². The minimum absolute atomic E-state index is 0.0869. The van der Waals surface area contributed by atoms with Crippen molar-refractivity contribution in [2.24, 2.45) is 5.92 Å². The van der Waals surface area contributed by atoms with Gasteiger partial charge in [-0.05, 0) is 42.7 Å². The van der Waals surface area contributed by atoms with E-state index in [4.69, 9.17) is 4.74 Å². The predicted octanol–water partition coefficient (Wildman–Crippen LogP) is 2.28. The highest BCUT2D eigenvalue weighted by molar-refractivity contribution is 5.96. The standard InChI is InChI=1S/C27H29FN2O5/c28-18-10-8-16(9-11-18)15-30(27(34)17-4-3-5-17)21-14-20(26(33)29-12-13-31)23-19-6-1-2-7-22(19)35-25(23)24(21)32/h1-2,6-11,14,17,21,23-25,31-32H,3-5,12-13,15H2,(H,29,33). The highest BCUT2D eigenvalue weighted by atomic mass is 19.1. The van der Waals surface area contributed by atoms with Gasteiger partial charge >= 0.3 is 0 Å². The first-order chi connectivity index (χ1) is 17.0. The molecular weight excluding hydrogens is 451 g/mol. The Hall–Kier alpha value is -3.23. The van der Waals surface area contributed by atoms with Gasteiger partial charge in [0.25, 0.3) is 0 Å². The number of nitrogens with one attached hydrogen (secondary N) is 1. The van der Waals surface area contributed by atoms with Gasteiger partial charge in [0, 0.05) is 30.1 Å². The monoisotopic (exact) mass is 480 g/mol. The molecule has 2 aliphatic carbocycles. The van der Waals surface area contributed by atoms with Crippen molar-refractivity contribution in [1.82, 2.24) is 10.2 Å². The zero-order chi connectivity index (χ0) is 24.5. The van der Waals surface area contributed by atoms with Crippen LogP contribution in [0.1, 0.15) is 36.3 Å². The van der Waals surface area contributed by atoms with Crippen LogP contribution >= 0.6 is 0 Å². The average Bonchev–Trinajstić information content (AvgIpc) is 3.22. The Labute approximate surface area is 203 Å². The molecule has 3 aliphatic rings. The van der Waals surface area contributed by atoms with Gasteiger partial charge in [-0.3, -0.25) is 9.59 Å². The first kappa shape index (κ1) is 23.5. The Kier molecular flexibility index (Phi) is 6.58. The maximum absolute atomic E-state index is 13.5. The summed E-state index contributed by atoms with van der Waals surface area (Å²) in [6.45, 7) is 0.0520. The van der Waals surface area contributed by atoms with Crippen molar-refractivity contribution in [2.45, 2.75) is 50.0 Å². The van der Waals surface area contributed by atoms with E-state index in [2.05, 4.69) is 5.32 Å². The van der Waals surface area contributed by atoms with Crippen LogP contribution in [-0.2, 0) is 16.1 Å². The van der Waals surface area contributed by atoms with E-state index in [9.17, 15) is 24.2 Å². The van der Waals surface area contributed by atoms with Crippen LogP contribution in [0.4, 0.5) is 4.39 Å². The summed E-state index contributed by atoms with van der Waals surface area (Å²) in [5.74, 6) is -0.872. The van der Waals surface area contributed by atoms with Gasteiger partial charge in [0.1, 0.15) is 23.8 Å². The molecule has 1 fully saturated rings. The molecule has 0 bridgehead atoms. The first-order valence-corrected chi connectivity index (χ1v) is 12.1. The number of ether oxygens (including phenoxy) is 1. The van der Waals surface area contributed by atoms with Gasteiger partial charge < -0.3 is 25.2 Å². The van der Waals surface area contributed by atoms with Gasteiger partial charge in [-0.15, -0.1) is 0 Å². The maximum Gasteiger partial charge on any atom is 0.247 e. The average molecular weight is 481 g/mol. The van der Waals surface area contributed by atoms with Crippen LogP contribution in [0.15, 0.2) is 60.2 Å². The number of fused-ring (bicyclic) bond motifs is 3. The van der Waals surface area contributed by atoms with Crippen molar-refractivity contribution in [1.29, 1.82) is 0 Å². The fourth-order valence-corrected chi connectivity index (χ4v) is 5.20. The van der Waals surface area contributed by atoms with Crippen molar-refractivity contribution in [3.63, 3.8) is 0 Å². The Bertz CT molecular complexity index is 1130. The summed E-state index contributed by atoms with van der Waals surface area (Å²) >= 11 is 0. The molecule has 8 heteroatoms. The maximum atomic E-state index is 13.5. The minimum atomic E-state index is -1.08. The topological polar surface area (TPSA) is 99.1 Å². The lowest BCUT2D eigenvalue weighted by Gasteiger charge is -2.42. The van der Waals surface area contributed by atoms with Crippen LogP contribution in [0.2, 0.25) is 0 Å². The molecule has 4 atom stereocenters. The number of aliphatic hydroxyl groups is 2. The van der Waals surface area contributed by atoms with Crippen LogP contribution in [-0.4, -0.2) is 58.3 Å². The van der Waals surface area contributed by atoms with E-state index in [1.54, 1.807) is 29.2 Å². The molecule has 2 amide bonds. The summed E-state index contributed by atoms with van der Waals surface area (Å²) in [5, 5.41) is 23.4. The van der Waals surface area contributed by atoms with E-state index in [1.807, 2.05) is 18.2 Å². The predicted molar refractivity (Wildman–Crippen MR) is 126 cm³/mol. The summed E-state index contributed by atoms with van der Waals surface area (Å²) in [6, 6.07) is 12.5. The van der Waals surface area contributed by atoms with Crippen LogP contribution < -0.4 is 10.1 Å². The lowest BCUT2D eigenvalue weighted by molar-refractivity contribution is -0.144. The van der Waals surface area contributed by atoms with Crippen molar-refractivity contribution >= 4 is 11.8 Å². The Morgan fingerprint density at radius 3 is 2.54 bits per heavy atom. The molecule has 35 heavy (non-hydrogen) atoms. The smallest absolute Gasteiger partial charge is 0.247 e. The Balaban J connectivity index is 1.54. The Morgan fingerprint density at radius 1 is 1.11 bits per heavy atom. The van der Waals surface area contributed by atoms with Crippen LogP contribution in [0, 0.1) is 11.7 Å². The van der Waals surface area contributed by atoms with Gasteiger partial charge in [0.05, 0.1) is 18.6 Å². The fraction of sp³-hybridized carbons (Fsp3) is 0.407. The number of nitrogens with zero attached hydrogens (tertiary/aromatic N) is 1. The van der Waals surface area contributed by atoms with Crippen molar-refractivity contribution in [3.05, 3.63) is 77.1 Å². The molecular formula is C27H29FN2O5. The van der Waals surface area contributed by atoms with Crippen LogP contribution in [0.3, 0.4) is 0 Å². The SMILES string of the molecule is O=C(NCCO)C1=CC(N(Cc2ccc(F)cc2)C(=O)C2CCC2)C(O)C2Oc3ccccc3C12. The number of halogens is 1. The highest BCUT2D eigenvalue weighted by Crippen LogP contribution is 2.47. The number of benzene rings is 2. The lowest BCUT2D eigenvalue weighted by atomic mass is 9.76. The molecule has 0 aromatic heterocycles. The van der Waals surface area contributed by atoms with E-state index in [0.29, 0.717) is 11.3 Å². The third-order valence-corrected chi connectivity index (χ3v) is 7.24. The van der Waals surface area contributed by atoms with Gasteiger partial charge in [0.15, 0.2) is 0 Å². The van der Waals surface area contributed by atoms with Gasteiger partial charge in [-0.25, -0.2) is 4.39 Å². The van der Waals surface area contributed by atoms with Gasteiger partial charge in [0.2, 0.25) is 11.8 Å². The zero-order valence-corrected chi connectivity index (χ0v) is 19.3. The molecule has 7 nitrogen and oxygen atoms in total. The molecule has 2 aromatic carbocycles. The molecule has 1 heterocycles. The van der Waals surface area contributed by atoms with Gasteiger partial charge in [-0.1, -0.05) is 36.8 Å². The number of carbonyl (C=O) groups is 2. The van der Waals surface area contributed by atoms with Gasteiger partial charge in [-0.2, -0.15) is 0 Å². The van der Waals surface area contributed by atoms with E-state index in [1.165, 1.54) is 12.1 Å². The third-order valence-electron chi connectivity index (χ3n) is 7.24. The number of rotatable bonds is 7. The van der Waals surface area contributed by atoms with Crippen molar-refractivity contribution < 1.29 is 28.9 Å². The summed E-state index contributed by atoms with van der Waals surface area (Å²) < 4.78 is 19.6. The zero-order valence-electron chi connectivity index (χ0n) is 19.3. The number of hydrogen-bond acceptors (Lipinski definition) is 5. The molecule has 1 saturated carbocycles. The van der Waals surface area contributed by atoms with E-state index < -0.39 is 24.2 Å². The molecule has 2 aromatic rings.